The summed E-state index contributed by atoms with van der Waals surface area (Å²) in [4.78, 5) is 0. The zero-order valence-corrected chi connectivity index (χ0v) is 9.42. The maximum atomic E-state index is 2.18. The van der Waals surface area contributed by atoms with E-state index in [1.54, 1.807) is 0 Å². The van der Waals surface area contributed by atoms with Crippen molar-refractivity contribution in [3.63, 3.8) is 0 Å². The van der Waals surface area contributed by atoms with E-state index in [9.17, 15) is 0 Å². The molecule has 0 saturated heterocycles. The van der Waals surface area contributed by atoms with Crippen molar-refractivity contribution in [2.24, 2.45) is 7.05 Å². The molecule has 0 bridgehead atoms. The molecule has 0 aliphatic heterocycles. The molecule has 1 nitrogen and oxygen atoms in total. The molecule has 0 unspecified atom stereocenters. The van der Waals surface area contributed by atoms with E-state index in [1.807, 2.05) is 0 Å². The first-order chi connectivity index (χ1) is 4.74. The lowest BCUT2D eigenvalue weighted by molar-refractivity contribution is -0.678. The van der Waals surface area contributed by atoms with E-state index >= 15 is 0 Å². The Bertz CT molecular complexity index is 233. The molecule has 62 valence electrons. The summed E-state index contributed by atoms with van der Waals surface area (Å²) < 4.78 is 2.15. The van der Waals surface area contributed by atoms with Crippen LogP contribution in [0.4, 0.5) is 0 Å². The second-order valence-corrected chi connectivity index (χ2v) is 2.64. The van der Waals surface area contributed by atoms with Crippen LogP contribution in [0.2, 0.25) is 0 Å². The van der Waals surface area contributed by atoms with E-state index in [0.717, 1.165) is 6.42 Å². The highest BCUT2D eigenvalue weighted by molar-refractivity contribution is 5.08. The number of hydrogen-bond acceptors (Lipinski definition) is 0. The molecule has 11 heavy (non-hydrogen) atoms. The Hall–Kier alpha value is -0.120. The highest BCUT2D eigenvalue weighted by Gasteiger charge is 1.99. The Labute approximate surface area is 85.5 Å². The number of nitrogens with zero attached hydrogens (tertiary/aromatic N) is 1. The van der Waals surface area contributed by atoms with Gasteiger partial charge in [0.05, 0.1) is 0 Å². The Morgan fingerprint density at radius 1 is 1.36 bits per heavy atom. The van der Waals surface area contributed by atoms with Crippen molar-refractivity contribution in [2.45, 2.75) is 20.3 Å². The lowest BCUT2D eigenvalue weighted by Gasteiger charge is -1.95. The predicted molar refractivity (Wildman–Crippen MR) is 41.7 cm³/mol. The minimum atomic E-state index is 0. The van der Waals surface area contributed by atoms with Crippen LogP contribution in [0, 0.1) is 6.92 Å². The van der Waals surface area contributed by atoms with Crippen LogP contribution in [0.5, 0.6) is 0 Å². The van der Waals surface area contributed by atoms with Crippen molar-refractivity contribution in [2.75, 3.05) is 0 Å². The molecule has 1 aromatic heterocycles. The number of aryl methyl sites for hydroxylation is 3. The standard InChI is InChI=1S/C9H14N.HI/c1-4-9-6-5-8(2)10(3)7-9;/h5-7H,4H2,1-3H3;1H/q+1;/p-1. The van der Waals surface area contributed by atoms with Gasteiger partial charge in [-0.25, -0.2) is 4.57 Å². The summed E-state index contributed by atoms with van der Waals surface area (Å²) in [5, 5.41) is 0. The second-order valence-electron chi connectivity index (χ2n) is 2.64. The van der Waals surface area contributed by atoms with E-state index in [0.29, 0.717) is 0 Å². The minimum Gasteiger partial charge on any atom is -1.00 e. The molecule has 0 atom stereocenters. The fourth-order valence-corrected chi connectivity index (χ4v) is 0.948. The topological polar surface area (TPSA) is 3.88 Å². The lowest BCUT2D eigenvalue weighted by Crippen LogP contribution is -3.00. The summed E-state index contributed by atoms with van der Waals surface area (Å²) in [6, 6.07) is 4.33. The summed E-state index contributed by atoms with van der Waals surface area (Å²) >= 11 is 0. The molecule has 1 rings (SSSR count). The summed E-state index contributed by atoms with van der Waals surface area (Å²) in [5.41, 5.74) is 2.70. The molecule has 0 amide bonds. The van der Waals surface area contributed by atoms with Gasteiger partial charge in [0.15, 0.2) is 11.9 Å². The molecule has 1 aromatic rings. The van der Waals surface area contributed by atoms with Crippen LogP contribution in [0.1, 0.15) is 18.2 Å². The number of rotatable bonds is 1. The van der Waals surface area contributed by atoms with Gasteiger partial charge in [0, 0.05) is 18.6 Å². The van der Waals surface area contributed by atoms with Gasteiger partial charge in [-0.05, 0) is 12.5 Å². The number of halogens is 1. The van der Waals surface area contributed by atoms with Crippen LogP contribution >= 0.6 is 0 Å². The summed E-state index contributed by atoms with van der Waals surface area (Å²) in [6.45, 7) is 4.28. The first-order valence-electron chi connectivity index (χ1n) is 3.69. The molecule has 2 heteroatoms. The highest BCUT2D eigenvalue weighted by atomic mass is 127. The Balaban J connectivity index is 0.000001000. The van der Waals surface area contributed by atoms with E-state index in [4.69, 9.17) is 0 Å². The SMILES string of the molecule is CCc1ccc(C)[n+](C)c1.[I-]. The van der Waals surface area contributed by atoms with Crippen LogP contribution < -0.4 is 28.5 Å². The van der Waals surface area contributed by atoms with Gasteiger partial charge in [-0.15, -0.1) is 0 Å². The van der Waals surface area contributed by atoms with Crippen molar-refractivity contribution < 1.29 is 28.5 Å². The predicted octanol–water partition coefficient (Wildman–Crippen LogP) is -1.61. The van der Waals surface area contributed by atoms with Gasteiger partial charge in [0.25, 0.3) is 0 Å². The average molecular weight is 263 g/mol. The van der Waals surface area contributed by atoms with Crippen LogP contribution in [0.25, 0.3) is 0 Å². The molecule has 0 saturated carbocycles. The zero-order chi connectivity index (χ0) is 7.56. The zero-order valence-electron chi connectivity index (χ0n) is 7.26. The molecule has 0 aliphatic rings. The Morgan fingerprint density at radius 2 is 2.00 bits per heavy atom. The number of hydrogen-bond donors (Lipinski definition) is 0. The third kappa shape index (κ3) is 2.77. The van der Waals surface area contributed by atoms with Gasteiger partial charge in [0.2, 0.25) is 0 Å². The molecule has 0 spiro atoms. The smallest absolute Gasteiger partial charge is 0.177 e. The van der Waals surface area contributed by atoms with E-state index in [2.05, 4.69) is 43.8 Å². The average Bonchev–Trinajstić information content (AvgIpc) is 1.95. The first-order valence-corrected chi connectivity index (χ1v) is 3.69. The molecular weight excluding hydrogens is 249 g/mol. The Morgan fingerprint density at radius 3 is 2.45 bits per heavy atom. The maximum Gasteiger partial charge on any atom is 0.177 e. The molecule has 0 aliphatic carbocycles. The quantitative estimate of drug-likeness (QED) is 0.424. The van der Waals surface area contributed by atoms with Crippen molar-refractivity contribution in [3.8, 4) is 0 Å². The third-order valence-corrected chi connectivity index (χ3v) is 1.86. The van der Waals surface area contributed by atoms with Crippen molar-refractivity contribution >= 4 is 0 Å². The number of aromatic nitrogens is 1. The summed E-state index contributed by atoms with van der Waals surface area (Å²) in [5.74, 6) is 0. The second kappa shape index (κ2) is 4.70. The molecule has 1 heterocycles. The molecule has 0 fully saturated rings. The maximum absolute atomic E-state index is 2.18. The third-order valence-electron chi connectivity index (χ3n) is 1.86. The van der Waals surface area contributed by atoms with Crippen LogP contribution in [-0.2, 0) is 13.5 Å². The van der Waals surface area contributed by atoms with Gasteiger partial charge in [-0.3, -0.25) is 0 Å². The van der Waals surface area contributed by atoms with Crippen LogP contribution in [0.15, 0.2) is 18.3 Å². The van der Waals surface area contributed by atoms with Gasteiger partial charge in [-0.1, -0.05) is 6.92 Å². The first kappa shape index (κ1) is 10.9. The number of pyridine rings is 1. The van der Waals surface area contributed by atoms with Gasteiger partial charge >= 0.3 is 0 Å². The fourth-order valence-electron chi connectivity index (χ4n) is 0.948. The molecule has 0 radical (unpaired) electrons. The normalized spacial score (nSPS) is 9.00. The van der Waals surface area contributed by atoms with E-state index < -0.39 is 0 Å². The van der Waals surface area contributed by atoms with Crippen molar-refractivity contribution in [1.29, 1.82) is 0 Å². The van der Waals surface area contributed by atoms with Gasteiger partial charge in [0.1, 0.15) is 7.05 Å². The largest absolute Gasteiger partial charge is 1.00 e. The van der Waals surface area contributed by atoms with Crippen LogP contribution in [-0.4, -0.2) is 0 Å². The fraction of sp³-hybridized carbons (Fsp3) is 0.444. The van der Waals surface area contributed by atoms with Crippen molar-refractivity contribution in [1.82, 2.24) is 0 Å². The highest BCUT2D eigenvalue weighted by Crippen LogP contribution is 1.96. The Kier molecular flexibility index (Phi) is 4.65. The van der Waals surface area contributed by atoms with Crippen LogP contribution in [0.3, 0.4) is 0 Å². The summed E-state index contributed by atoms with van der Waals surface area (Å²) in [6.07, 6.45) is 3.30. The monoisotopic (exact) mass is 263 g/mol. The molecule has 0 aromatic carbocycles. The van der Waals surface area contributed by atoms with Crippen molar-refractivity contribution in [3.05, 3.63) is 29.6 Å². The van der Waals surface area contributed by atoms with E-state index in [1.165, 1.54) is 11.3 Å². The molecular formula is C9H14IN. The van der Waals surface area contributed by atoms with E-state index in [-0.39, 0.29) is 24.0 Å². The summed E-state index contributed by atoms with van der Waals surface area (Å²) in [7, 11) is 2.08. The lowest BCUT2D eigenvalue weighted by atomic mass is 10.2. The van der Waals surface area contributed by atoms with Gasteiger partial charge < -0.3 is 24.0 Å². The van der Waals surface area contributed by atoms with Gasteiger partial charge in [-0.2, -0.15) is 0 Å². The minimum absolute atomic E-state index is 0. The molecule has 0 N–H and O–H groups in total.